The van der Waals surface area contributed by atoms with Gasteiger partial charge in [0.1, 0.15) is 5.70 Å². The fourth-order valence-electron chi connectivity index (χ4n) is 1.54. The third-order valence-corrected chi connectivity index (χ3v) is 3.48. The van der Waals surface area contributed by atoms with E-state index in [0.29, 0.717) is 10.9 Å². The number of benzene rings is 1. The highest BCUT2D eigenvalue weighted by Gasteiger charge is 2.17. The number of carbonyl (C=O) groups is 1. The highest BCUT2D eigenvalue weighted by molar-refractivity contribution is 8.02. The number of aliphatic imine (C=N–C) groups is 1. The van der Waals surface area contributed by atoms with Crippen LogP contribution in [-0.4, -0.2) is 11.1 Å². The van der Waals surface area contributed by atoms with Gasteiger partial charge in [0.2, 0.25) is 0 Å². The summed E-state index contributed by atoms with van der Waals surface area (Å²) in [7, 11) is 0. The molecule has 3 nitrogen and oxygen atoms in total. The van der Waals surface area contributed by atoms with Crippen molar-refractivity contribution >= 4 is 41.5 Å². The van der Waals surface area contributed by atoms with E-state index >= 15 is 0 Å². The van der Waals surface area contributed by atoms with E-state index in [1.165, 1.54) is 5.56 Å². The topological polar surface area (TPSA) is 41.5 Å². The Balaban J connectivity index is 2.35. The Hall–Kier alpha value is -1.46. The summed E-state index contributed by atoms with van der Waals surface area (Å²) in [6, 6.07) is 5.97. The Labute approximate surface area is 115 Å². The molecule has 0 atom stereocenters. The molecule has 1 amide bonds. The molecule has 0 aliphatic carbocycles. The summed E-state index contributed by atoms with van der Waals surface area (Å²) in [5.41, 5.74) is 2.48. The fraction of sp³-hybridized carbons (Fsp3) is 0.0769. The molecule has 92 valence electrons. The molecule has 5 heteroatoms. The van der Waals surface area contributed by atoms with Crippen molar-refractivity contribution in [2.45, 2.75) is 11.8 Å². The highest BCUT2D eigenvalue weighted by atomic mass is 32.2. The van der Waals surface area contributed by atoms with Crippen molar-refractivity contribution in [2.24, 2.45) is 4.99 Å². The summed E-state index contributed by atoms with van der Waals surface area (Å²) in [4.78, 5) is 16.6. The zero-order valence-electron chi connectivity index (χ0n) is 9.80. The van der Waals surface area contributed by atoms with Crippen LogP contribution in [0, 0.1) is 6.92 Å². The number of nitrogens with one attached hydrogen (secondary N) is 1. The minimum Gasteiger partial charge on any atom is -0.300 e. The second kappa shape index (κ2) is 5.46. The molecule has 18 heavy (non-hydrogen) atoms. The summed E-state index contributed by atoms with van der Waals surface area (Å²) in [5, 5.41) is 4.64. The third-order valence-electron chi connectivity index (χ3n) is 2.41. The van der Waals surface area contributed by atoms with Crippen LogP contribution in [0.25, 0.3) is 6.08 Å². The summed E-state index contributed by atoms with van der Waals surface area (Å²) in [6.07, 6.45) is 1.74. The molecule has 0 unspecified atom stereocenters. The first-order chi connectivity index (χ1) is 8.60. The molecule has 1 aromatic carbocycles. The fourth-order valence-corrected chi connectivity index (χ4v) is 2.38. The number of hydrogen-bond donors (Lipinski definition) is 2. The molecule has 0 aromatic heterocycles. The summed E-state index contributed by atoms with van der Waals surface area (Å²) in [5.74, 6) is -0.224. The molecule has 1 aromatic rings. The molecule has 0 saturated heterocycles. The van der Waals surface area contributed by atoms with E-state index in [1.54, 1.807) is 23.2 Å². The predicted octanol–water partition coefficient (Wildman–Crippen LogP) is 2.99. The Kier molecular flexibility index (Phi) is 3.93. The second-order valence-corrected chi connectivity index (χ2v) is 5.16. The Morgan fingerprint density at radius 3 is 2.89 bits per heavy atom. The molecule has 1 aliphatic heterocycles. The number of thiol groups is 1. The summed E-state index contributed by atoms with van der Waals surface area (Å²) < 4.78 is 0. The number of rotatable bonds is 3. The number of aryl methyl sites for hydroxylation is 1. The Bertz CT molecular complexity index is 576. The van der Waals surface area contributed by atoms with Gasteiger partial charge in [-0.1, -0.05) is 30.5 Å². The van der Waals surface area contributed by atoms with Crippen molar-refractivity contribution in [2.75, 3.05) is 0 Å². The van der Waals surface area contributed by atoms with Crippen LogP contribution in [0.5, 0.6) is 0 Å². The first-order valence-electron chi connectivity index (χ1n) is 5.29. The van der Waals surface area contributed by atoms with Crippen molar-refractivity contribution in [3.8, 4) is 0 Å². The zero-order chi connectivity index (χ0) is 13.1. The minimum absolute atomic E-state index is 0.224. The van der Waals surface area contributed by atoms with Gasteiger partial charge in [0, 0.05) is 4.90 Å². The number of carbonyl (C=O) groups excluding carboxylic acids is 1. The van der Waals surface area contributed by atoms with Crippen molar-refractivity contribution in [3.05, 3.63) is 47.0 Å². The average Bonchev–Trinajstić information content (AvgIpc) is 2.62. The van der Waals surface area contributed by atoms with Crippen LogP contribution in [0.1, 0.15) is 11.1 Å². The molecule has 1 heterocycles. The quantitative estimate of drug-likeness (QED) is 0.506. The van der Waals surface area contributed by atoms with E-state index in [2.05, 4.69) is 29.5 Å². The molecule has 2 rings (SSSR count). The van der Waals surface area contributed by atoms with Gasteiger partial charge in [0.25, 0.3) is 5.91 Å². The van der Waals surface area contributed by atoms with E-state index in [1.807, 2.05) is 25.1 Å². The van der Waals surface area contributed by atoms with Gasteiger partial charge in [-0.25, -0.2) is 4.99 Å². The maximum atomic E-state index is 11.5. The molecular formula is C13H12N2OS2. The summed E-state index contributed by atoms with van der Waals surface area (Å²) in [6.45, 7) is 5.74. The number of amidine groups is 1. The normalized spacial score (nSPS) is 16.7. The lowest BCUT2D eigenvalue weighted by Gasteiger charge is -2.03. The van der Waals surface area contributed by atoms with E-state index < -0.39 is 0 Å². The lowest BCUT2D eigenvalue weighted by atomic mass is 10.1. The number of thioether (sulfide) groups is 1. The van der Waals surface area contributed by atoms with Crippen LogP contribution in [0.15, 0.2) is 45.8 Å². The van der Waals surface area contributed by atoms with Gasteiger partial charge >= 0.3 is 0 Å². The van der Waals surface area contributed by atoms with Gasteiger partial charge in [-0.15, -0.1) is 12.6 Å². The van der Waals surface area contributed by atoms with Crippen LogP contribution in [0.4, 0.5) is 0 Å². The minimum atomic E-state index is -0.224. The van der Waals surface area contributed by atoms with Gasteiger partial charge in [0.05, 0.1) is 0 Å². The zero-order valence-corrected chi connectivity index (χ0v) is 11.5. The molecule has 0 saturated carbocycles. The Morgan fingerprint density at radius 1 is 1.50 bits per heavy atom. The lowest BCUT2D eigenvalue weighted by Crippen LogP contribution is -2.19. The van der Waals surface area contributed by atoms with Crippen LogP contribution in [0.2, 0.25) is 0 Å². The van der Waals surface area contributed by atoms with E-state index in [-0.39, 0.29) is 5.91 Å². The monoisotopic (exact) mass is 276 g/mol. The van der Waals surface area contributed by atoms with Crippen molar-refractivity contribution < 1.29 is 4.79 Å². The van der Waals surface area contributed by atoms with E-state index in [4.69, 9.17) is 0 Å². The van der Waals surface area contributed by atoms with Crippen molar-refractivity contribution in [3.63, 3.8) is 0 Å². The van der Waals surface area contributed by atoms with Gasteiger partial charge in [0.15, 0.2) is 5.17 Å². The largest absolute Gasteiger partial charge is 0.300 e. The number of hydrogen-bond acceptors (Lipinski definition) is 3. The predicted molar refractivity (Wildman–Crippen MR) is 79.8 cm³/mol. The standard InChI is InChI=1S/C13H12N2OS2/c1-3-18-11-7-9(5-4-8(11)2)6-10-12(16)15-13(17)14-10/h3-7H,1H2,2H3,(H2,14,15,16,17)/b10-6-. The van der Waals surface area contributed by atoms with Crippen molar-refractivity contribution in [1.29, 1.82) is 0 Å². The Morgan fingerprint density at radius 2 is 2.28 bits per heavy atom. The maximum Gasteiger partial charge on any atom is 0.275 e. The highest BCUT2D eigenvalue weighted by Crippen LogP contribution is 2.25. The van der Waals surface area contributed by atoms with Gasteiger partial charge < -0.3 is 0 Å². The molecular weight excluding hydrogens is 264 g/mol. The van der Waals surface area contributed by atoms with Crippen LogP contribution < -0.4 is 5.32 Å². The molecule has 0 fully saturated rings. The molecule has 0 spiro atoms. The SMILES string of the molecule is C=CSc1cc(/C=C2\N=C(S)NC2=O)ccc1C. The molecule has 1 aliphatic rings. The smallest absolute Gasteiger partial charge is 0.275 e. The average molecular weight is 276 g/mol. The molecule has 1 N–H and O–H groups in total. The molecule has 0 bridgehead atoms. The van der Waals surface area contributed by atoms with Crippen LogP contribution in [0.3, 0.4) is 0 Å². The molecule has 0 radical (unpaired) electrons. The van der Waals surface area contributed by atoms with E-state index in [9.17, 15) is 4.79 Å². The van der Waals surface area contributed by atoms with Crippen LogP contribution >= 0.6 is 24.4 Å². The maximum absolute atomic E-state index is 11.5. The first-order valence-corrected chi connectivity index (χ1v) is 6.62. The van der Waals surface area contributed by atoms with Gasteiger partial charge in [-0.05, 0) is 35.6 Å². The second-order valence-electron chi connectivity index (χ2n) is 3.73. The van der Waals surface area contributed by atoms with Gasteiger partial charge in [-0.2, -0.15) is 0 Å². The van der Waals surface area contributed by atoms with Crippen LogP contribution in [-0.2, 0) is 4.79 Å². The first kappa shape index (κ1) is 13.0. The number of amides is 1. The third kappa shape index (κ3) is 2.86. The lowest BCUT2D eigenvalue weighted by molar-refractivity contribution is -0.115. The number of nitrogens with zero attached hydrogens (tertiary/aromatic N) is 1. The summed E-state index contributed by atoms with van der Waals surface area (Å²) >= 11 is 5.57. The van der Waals surface area contributed by atoms with Gasteiger partial charge in [-0.3, -0.25) is 10.1 Å². The van der Waals surface area contributed by atoms with Crippen molar-refractivity contribution in [1.82, 2.24) is 5.32 Å². The van der Waals surface area contributed by atoms with E-state index in [0.717, 1.165) is 10.5 Å².